The molecule has 0 N–H and O–H groups in total. The number of hydrogen-bond donors (Lipinski definition) is 0. The van der Waals surface area contributed by atoms with Gasteiger partial charge in [-0.2, -0.15) is 11.3 Å². The first-order valence-corrected chi connectivity index (χ1v) is 14.0. The summed E-state index contributed by atoms with van der Waals surface area (Å²) < 4.78 is 47.3. The number of fused-ring (bicyclic) bond motifs is 1. The van der Waals surface area contributed by atoms with E-state index in [2.05, 4.69) is 5.10 Å². The van der Waals surface area contributed by atoms with Crippen molar-refractivity contribution in [2.24, 2.45) is 0 Å². The van der Waals surface area contributed by atoms with Gasteiger partial charge < -0.3 is 14.2 Å². The first kappa shape index (κ1) is 25.8. The molecule has 3 aromatic rings. The van der Waals surface area contributed by atoms with Crippen LogP contribution in [-0.2, 0) is 26.1 Å². The molecule has 0 fully saturated rings. The molecular weight excluding hydrogens is 502 g/mol. The lowest BCUT2D eigenvalue weighted by Crippen LogP contribution is -2.43. The third-order valence-corrected chi connectivity index (χ3v) is 8.16. The first-order valence-electron chi connectivity index (χ1n) is 11.7. The molecule has 0 aliphatic carbocycles. The van der Waals surface area contributed by atoms with Gasteiger partial charge in [-0.05, 0) is 60.4 Å². The minimum Gasteiger partial charge on any atom is -0.486 e. The van der Waals surface area contributed by atoms with Gasteiger partial charge in [-0.1, -0.05) is 18.2 Å². The molecule has 0 saturated heterocycles. The van der Waals surface area contributed by atoms with Crippen molar-refractivity contribution in [3.8, 4) is 11.6 Å². The van der Waals surface area contributed by atoms with Crippen molar-refractivity contribution in [3.05, 3.63) is 52.3 Å². The van der Waals surface area contributed by atoms with Crippen LogP contribution in [0, 0.1) is 0 Å². The van der Waals surface area contributed by atoms with E-state index >= 15 is 0 Å². The molecule has 11 heteroatoms. The molecule has 0 amide bonds. The molecular formula is C25H29N3O6S2. The van der Waals surface area contributed by atoms with Gasteiger partial charge in [0.05, 0.1) is 25.9 Å². The Morgan fingerprint density at radius 2 is 2.06 bits per heavy atom. The molecule has 0 spiro atoms. The smallest absolute Gasteiger partial charge is 0.305 e. The number of esters is 1. The van der Waals surface area contributed by atoms with Gasteiger partial charge in [0.2, 0.25) is 0 Å². The lowest BCUT2D eigenvalue weighted by atomic mass is 10.1. The Hall–Kier alpha value is -3.31. The van der Waals surface area contributed by atoms with Gasteiger partial charge in [0, 0.05) is 19.2 Å². The van der Waals surface area contributed by atoms with E-state index in [4.69, 9.17) is 14.2 Å². The van der Waals surface area contributed by atoms with Gasteiger partial charge in [0.25, 0.3) is 15.9 Å². The molecule has 0 bridgehead atoms. The van der Waals surface area contributed by atoms with Gasteiger partial charge in [-0.25, -0.2) is 8.42 Å². The van der Waals surface area contributed by atoms with Crippen LogP contribution in [0.25, 0.3) is 12.2 Å². The lowest BCUT2D eigenvalue weighted by molar-refractivity contribution is -0.141. The van der Waals surface area contributed by atoms with E-state index in [1.54, 1.807) is 30.4 Å². The molecule has 0 unspecified atom stereocenters. The van der Waals surface area contributed by atoms with Gasteiger partial charge in [-0.15, -0.1) is 5.10 Å². The summed E-state index contributed by atoms with van der Waals surface area (Å²) in [5, 5.41) is 8.31. The van der Waals surface area contributed by atoms with Crippen molar-refractivity contribution in [3.63, 3.8) is 0 Å². The van der Waals surface area contributed by atoms with E-state index in [9.17, 15) is 13.2 Å². The minimum absolute atomic E-state index is 0.00927. The lowest BCUT2D eigenvalue weighted by Gasteiger charge is -2.35. The van der Waals surface area contributed by atoms with Crippen LogP contribution in [0.2, 0.25) is 0 Å². The van der Waals surface area contributed by atoms with Crippen molar-refractivity contribution in [1.82, 2.24) is 9.78 Å². The number of rotatable bonds is 10. The molecule has 1 aromatic carbocycles. The summed E-state index contributed by atoms with van der Waals surface area (Å²) in [4.78, 5) is 11.7. The van der Waals surface area contributed by atoms with Crippen molar-refractivity contribution >= 4 is 45.2 Å². The zero-order chi connectivity index (χ0) is 25.7. The number of ether oxygens (including phenoxy) is 3. The van der Waals surface area contributed by atoms with Crippen LogP contribution < -0.4 is 13.8 Å². The SMILES string of the molecule is CCOc1nn(CC)cc1S(=O)(=O)N1C[C@H](CCC(=O)OC)Oc2ccc(/C=C/c3ccsc3)cc21. The summed E-state index contributed by atoms with van der Waals surface area (Å²) in [6.45, 7) is 4.46. The number of anilines is 1. The second-order valence-electron chi connectivity index (χ2n) is 8.10. The van der Waals surface area contributed by atoms with Crippen LogP contribution >= 0.6 is 11.3 Å². The summed E-state index contributed by atoms with van der Waals surface area (Å²) in [6, 6.07) is 7.42. The number of carbonyl (C=O) groups excluding carboxylic acids is 1. The molecule has 36 heavy (non-hydrogen) atoms. The minimum atomic E-state index is -4.06. The standard InChI is InChI=1S/C25H29N3O6S2/c1-4-27-16-23(25(26-27)33-5-2)36(30,31)28-15-20(9-11-24(29)32-3)34-22-10-8-18(14-21(22)28)6-7-19-12-13-35-17-19/h6-8,10,12-14,16-17,20H,4-5,9,11,15H2,1-3H3/b7-6+/t20-/m0/s1. The van der Waals surface area contributed by atoms with E-state index in [-0.39, 0.29) is 36.3 Å². The molecule has 9 nitrogen and oxygen atoms in total. The Kier molecular flexibility index (Phi) is 8.00. The average Bonchev–Trinajstić information content (AvgIpc) is 3.56. The second kappa shape index (κ2) is 11.2. The van der Waals surface area contributed by atoms with Crippen molar-refractivity contribution < 1.29 is 27.4 Å². The molecule has 0 saturated carbocycles. The molecule has 1 atom stereocenters. The number of sulfonamides is 1. The highest BCUT2D eigenvalue weighted by Crippen LogP contribution is 2.40. The topological polar surface area (TPSA) is 100.0 Å². The van der Waals surface area contributed by atoms with Crippen molar-refractivity contribution in [2.75, 3.05) is 24.6 Å². The van der Waals surface area contributed by atoms with Crippen molar-refractivity contribution in [2.45, 2.75) is 44.2 Å². The zero-order valence-electron chi connectivity index (χ0n) is 20.4. The number of aryl methyl sites for hydroxylation is 1. The van der Waals surface area contributed by atoms with Crippen LogP contribution in [0.3, 0.4) is 0 Å². The normalized spacial score (nSPS) is 15.5. The molecule has 1 aliphatic heterocycles. The highest BCUT2D eigenvalue weighted by atomic mass is 32.2. The molecule has 4 rings (SSSR count). The van der Waals surface area contributed by atoms with Crippen LogP contribution in [0.15, 0.2) is 46.1 Å². The van der Waals surface area contributed by atoms with E-state index in [1.165, 1.54) is 22.3 Å². The number of thiophene rings is 1. The fourth-order valence-electron chi connectivity index (χ4n) is 3.83. The largest absolute Gasteiger partial charge is 0.486 e. The Labute approximate surface area is 214 Å². The quantitative estimate of drug-likeness (QED) is 0.357. The third-order valence-electron chi connectivity index (χ3n) is 5.69. The Balaban J connectivity index is 1.74. The molecule has 1 aliphatic rings. The predicted octanol–water partition coefficient (Wildman–Crippen LogP) is 4.44. The average molecular weight is 532 g/mol. The maximum atomic E-state index is 14.0. The van der Waals surface area contributed by atoms with Crippen LogP contribution in [0.5, 0.6) is 11.6 Å². The van der Waals surface area contributed by atoms with Crippen molar-refractivity contribution in [1.29, 1.82) is 0 Å². The Bertz CT molecular complexity index is 1330. The zero-order valence-corrected chi connectivity index (χ0v) is 22.0. The monoisotopic (exact) mass is 531 g/mol. The number of benzene rings is 1. The Morgan fingerprint density at radius 1 is 1.25 bits per heavy atom. The fraction of sp³-hybridized carbons (Fsp3) is 0.360. The highest BCUT2D eigenvalue weighted by molar-refractivity contribution is 7.93. The molecule has 0 radical (unpaired) electrons. The molecule has 192 valence electrons. The summed E-state index contributed by atoms with van der Waals surface area (Å²) in [5.74, 6) is 0.107. The highest BCUT2D eigenvalue weighted by Gasteiger charge is 2.37. The van der Waals surface area contributed by atoms with Gasteiger partial charge >= 0.3 is 5.97 Å². The number of nitrogens with zero attached hydrogens (tertiary/aromatic N) is 3. The van der Waals surface area contributed by atoms with E-state index in [1.807, 2.05) is 42.0 Å². The second-order valence-corrected chi connectivity index (χ2v) is 10.7. The van der Waals surface area contributed by atoms with Crippen LogP contribution in [0.1, 0.15) is 37.8 Å². The first-order chi connectivity index (χ1) is 17.3. The molecule has 2 aromatic heterocycles. The Morgan fingerprint density at radius 3 is 2.75 bits per heavy atom. The number of aromatic nitrogens is 2. The maximum Gasteiger partial charge on any atom is 0.305 e. The summed E-state index contributed by atoms with van der Waals surface area (Å²) in [6.07, 6.45) is 5.28. The number of hydrogen-bond acceptors (Lipinski definition) is 8. The van der Waals surface area contributed by atoms with Crippen LogP contribution in [0.4, 0.5) is 5.69 Å². The van der Waals surface area contributed by atoms with Gasteiger partial charge in [0.15, 0.2) is 4.90 Å². The van der Waals surface area contributed by atoms with E-state index in [0.29, 0.717) is 24.4 Å². The summed E-state index contributed by atoms with van der Waals surface area (Å²) in [5.41, 5.74) is 2.31. The van der Waals surface area contributed by atoms with E-state index < -0.39 is 16.1 Å². The van der Waals surface area contributed by atoms with Crippen LogP contribution in [-0.4, -0.2) is 50.5 Å². The number of carbonyl (C=O) groups is 1. The third kappa shape index (κ3) is 5.57. The fourth-order valence-corrected chi connectivity index (χ4v) is 6.04. The number of methoxy groups -OCH3 is 1. The summed E-state index contributed by atoms with van der Waals surface area (Å²) in [7, 11) is -2.74. The summed E-state index contributed by atoms with van der Waals surface area (Å²) >= 11 is 1.60. The van der Waals surface area contributed by atoms with Gasteiger partial charge in [0.1, 0.15) is 11.9 Å². The van der Waals surface area contributed by atoms with E-state index in [0.717, 1.165) is 11.1 Å². The maximum absolute atomic E-state index is 14.0. The predicted molar refractivity (Wildman–Crippen MR) is 139 cm³/mol. The van der Waals surface area contributed by atoms with Gasteiger partial charge in [-0.3, -0.25) is 13.8 Å². The molecule has 3 heterocycles.